The van der Waals surface area contributed by atoms with Crippen LogP contribution in [0, 0.1) is 0 Å². The summed E-state index contributed by atoms with van der Waals surface area (Å²) in [5.41, 5.74) is 0. The van der Waals surface area contributed by atoms with Crippen LogP contribution in [0.4, 0.5) is 8.78 Å². The standard InChI is InChI=1S/C6H11ClF2O/c7-3-1-2-4-10-5-6(8)9/h6H,1-5H2. The van der Waals surface area contributed by atoms with Crippen molar-refractivity contribution in [3.05, 3.63) is 0 Å². The number of ether oxygens (including phenoxy) is 1. The van der Waals surface area contributed by atoms with Gasteiger partial charge >= 0.3 is 0 Å². The van der Waals surface area contributed by atoms with E-state index in [9.17, 15) is 8.78 Å². The van der Waals surface area contributed by atoms with Crippen LogP contribution in [0.25, 0.3) is 0 Å². The summed E-state index contributed by atoms with van der Waals surface area (Å²) in [7, 11) is 0. The monoisotopic (exact) mass is 172 g/mol. The van der Waals surface area contributed by atoms with Gasteiger partial charge < -0.3 is 4.74 Å². The molecule has 0 aromatic carbocycles. The molecule has 0 aliphatic rings. The highest BCUT2D eigenvalue weighted by Gasteiger charge is 2.00. The molecule has 0 aliphatic carbocycles. The molecule has 1 nitrogen and oxygen atoms in total. The van der Waals surface area contributed by atoms with Crippen LogP contribution < -0.4 is 0 Å². The summed E-state index contributed by atoms with van der Waals surface area (Å²) in [6.45, 7) is -0.0701. The Balaban J connectivity index is 2.77. The second kappa shape index (κ2) is 7.22. The Morgan fingerprint density at radius 2 is 2.00 bits per heavy atom. The Labute approximate surface area is 64.3 Å². The van der Waals surface area contributed by atoms with E-state index in [1.807, 2.05) is 0 Å². The van der Waals surface area contributed by atoms with E-state index in [1.165, 1.54) is 0 Å². The maximum Gasteiger partial charge on any atom is 0.261 e. The lowest BCUT2D eigenvalue weighted by Crippen LogP contribution is -2.05. The maximum absolute atomic E-state index is 11.4. The fourth-order valence-electron chi connectivity index (χ4n) is 0.471. The zero-order chi connectivity index (χ0) is 7.82. The molecule has 0 aromatic rings. The first-order valence-corrected chi connectivity index (χ1v) is 3.72. The molecule has 0 unspecified atom stereocenters. The third kappa shape index (κ3) is 8.11. The van der Waals surface area contributed by atoms with E-state index in [4.69, 9.17) is 11.6 Å². The Kier molecular flexibility index (Phi) is 7.30. The van der Waals surface area contributed by atoms with Gasteiger partial charge in [-0.25, -0.2) is 8.78 Å². The minimum atomic E-state index is -2.35. The van der Waals surface area contributed by atoms with Crippen molar-refractivity contribution in [3.8, 4) is 0 Å². The van der Waals surface area contributed by atoms with Gasteiger partial charge in [-0.2, -0.15) is 0 Å². The number of hydrogen-bond donors (Lipinski definition) is 0. The smallest absolute Gasteiger partial charge is 0.261 e. The summed E-state index contributed by atoms with van der Waals surface area (Å²) < 4.78 is 27.4. The molecule has 0 aliphatic heterocycles. The van der Waals surface area contributed by atoms with Crippen molar-refractivity contribution in [3.63, 3.8) is 0 Å². The molecular formula is C6H11ClF2O. The number of rotatable bonds is 6. The lowest BCUT2D eigenvalue weighted by atomic mass is 10.4. The van der Waals surface area contributed by atoms with Crippen molar-refractivity contribution in [1.29, 1.82) is 0 Å². The molecule has 0 fully saturated rings. The Morgan fingerprint density at radius 3 is 2.50 bits per heavy atom. The van der Waals surface area contributed by atoms with Gasteiger partial charge in [0.2, 0.25) is 0 Å². The van der Waals surface area contributed by atoms with Gasteiger partial charge in [0, 0.05) is 12.5 Å². The predicted molar refractivity (Wildman–Crippen MR) is 36.8 cm³/mol. The quantitative estimate of drug-likeness (QED) is 0.441. The van der Waals surface area contributed by atoms with Crippen molar-refractivity contribution in [2.24, 2.45) is 0 Å². The molecule has 0 saturated heterocycles. The molecule has 0 N–H and O–H groups in total. The average Bonchev–Trinajstić information content (AvgIpc) is 1.87. The molecule has 0 atom stereocenters. The molecule has 0 rings (SSSR count). The van der Waals surface area contributed by atoms with E-state index in [-0.39, 0.29) is 0 Å². The van der Waals surface area contributed by atoms with Gasteiger partial charge in [-0.15, -0.1) is 11.6 Å². The fraction of sp³-hybridized carbons (Fsp3) is 1.00. The molecule has 0 saturated carbocycles. The van der Waals surface area contributed by atoms with E-state index in [0.717, 1.165) is 12.8 Å². The molecular weight excluding hydrogens is 162 g/mol. The van der Waals surface area contributed by atoms with Crippen molar-refractivity contribution in [2.45, 2.75) is 19.3 Å². The molecule has 0 spiro atoms. The molecule has 0 radical (unpaired) electrons. The van der Waals surface area contributed by atoms with Crippen molar-refractivity contribution in [1.82, 2.24) is 0 Å². The third-order valence-corrected chi connectivity index (χ3v) is 1.18. The molecule has 4 heteroatoms. The molecule has 0 heterocycles. The van der Waals surface area contributed by atoms with Crippen molar-refractivity contribution in [2.75, 3.05) is 19.1 Å². The molecule has 0 amide bonds. The van der Waals surface area contributed by atoms with Crippen LogP contribution in [0.3, 0.4) is 0 Å². The lowest BCUT2D eigenvalue weighted by molar-refractivity contribution is 0.0166. The zero-order valence-corrected chi connectivity index (χ0v) is 6.41. The second-order valence-corrected chi connectivity index (χ2v) is 2.24. The van der Waals surface area contributed by atoms with E-state index in [2.05, 4.69) is 4.74 Å². The van der Waals surface area contributed by atoms with Gasteiger partial charge in [-0.05, 0) is 12.8 Å². The highest BCUT2D eigenvalue weighted by Crippen LogP contribution is 1.96. The predicted octanol–water partition coefficient (Wildman–Crippen LogP) is 2.29. The summed E-state index contributed by atoms with van der Waals surface area (Å²) in [5, 5.41) is 0. The van der Waals surface area contributed by atoms with Gasteiger partial charge in [0.15, 0.2) is 0 Å². The zero-order valence-electron chi connectivity index (χ0n) is 5.66. The first kappa shape index (κ1) is 10.1. The van der Waals surface area contributed by atoms with Gasteiger partial charge in [0.05, 0.1) is 0 Å². The number of hydrogen-bond acceptors (Lipinski definition) is 1. The molecule has 0 bridgehead atoms. The first-order chi connectivity index (χ1) is 4.77. The molecule has 62 valence electrons. The van der Waals surface area contributed by atoms with Crippen LogP contribution in [-0.4, -0.2) is 25.5 Å². The average molecular weight is 173 g/mol. The van der Waals surface area contributed by atoms with E-state index >= 15 is 0 Å². The SMILES string of the molecule is FC(F)COCCCCCl. The summed E-state index contributed by atoms with van der Waals surface area (Å²) in [5.74, 6) is 0.567. The Bertz CT molecular complexity index is 70.8. The maximum atomic E-state index is 11.4. The van der Waals surface area contributed by atoms with Crippen molar-refractivity contribution < 1.29 is 13.5 Å². The van der Waals surface area contributed by atoms with E-state index < -0.39 is 13.0 Å². The summed E-state index contributed by atoms with van der Waals surface area (Å²) in [4.78, 5) is 0. The fourth-order valence-corrected chi connectivity index (χ4v) is 0.660. The van der Waals surface area contributed by atoms with Gasteiger partial charge in [0.1, 0.15) is 6.61 Å². The number of halogens is 3. The van der Waals surface area contributed by atoms with Crippen LogP contribution >= 0.6 is 11.6 Å². The van der Waals surface area contributed by atoms with Gasteiger partial charge in [0.25, 0.3) is 6.43 Å². The minimum Gasteiger partial charge on any atom is -0.376 e. The van der Waals surface area contributed by atoms with Crippen LogP contribution in [0.1, 0.15) is 12.8 Å². The van der Waals surface area contributed by atoms with E-state index in [0.29, 0.717) is 12.5 Å². The number of alkyl halides is 3. The Hall–Kier alpha value is 0.110. The largest absolute Gasteiger partial charge is 0.376 e. The second-order valence-electron chi connectivity index (χ2n) is 1.86. The summed E-state index contributed by atoms with van der Waals surface area (Å²) >= 11 is 5.34. The first-order valence-electron chi connectivity index (χ1n) is 3.19. The minimum absolute atomic E-state index is 0.386. The topological polar surface area (TPSA) is 9.23 Å². The Morgan fingerprint density at radius 1 is 1.30 bits per heavy atom. The van der Waals surface area contributed by atoms with Crippen LogP contribution in [0.5, 0.6) is 0 Å². The third-order valence-electron chi connectivity index (χ3n) is 0.916. The van der Waals surface area contributed by atoms with Gasteiger partial charge in [-0.1, -0.05) is 0 Å². The summed E-state index contributed by atoms with van der Waals surface area (Å²) in [6, 6.07) is 0. The van der Waals surface area contributed by atoms with Crippen LogP contribution in [0.2, 0.25) is 0 Å². The molecule has 0 aromatic heterocycles. The highest BCUT2D eigenvalue weighted by atomic mass is 35.5. The van der Waals surface area contributed by atoms with Crippen LogP contribution in [0.15, 0.2) is 0 Å². The molecule has 10 heavy (non-hydrogen) atoms. The normalized spacial score (nSPS) is 10.8. The summed E-state index contributed by atoms with van der Waals surface area (Å²) in [6.07, 6.45) is -0.767. The van der Waals surface area contributed by atoms with E-state index in [1.54, 1.807) is 0 Å². The van der Waals surface area contributed by atoms with Crippen molar-refractivity contribution >= 4 is 11.6 Å². The lowest BCUT2D eigenvalue weighted by Gasteiger charge is -2.00. The van der Waals surface area contributed by atoms with Crippen LogP contribution in [-0.2, 0) is 4.74 Å². The number of unbranched alkanes of at least 4 members (excludes halogenated alkanes) is 1. The van der Waals surface area contributed by atoms with Gasteiger partial charge in [-0.3, -0.25) is 0 Å². The highest BCUT2D eigenvalue weighted by molar-refractivity contribution is 6.17.